The zero-order chi connectivity index (χ0) is 12.4. The van der Waals surface area contributed by atoms with Gasteiger partial charge in [-0.15, -0.1) is 10.2 Å². The third kappa shape index (κ3) is 2.69. The number of carbonyl (C=O) groups excluding carboxylic acids is 1. The highest BCUT2D eigenvalue weighted by molar-refractivity contribution is 7.17. The van der Waals surface area contributed by atoms with Gasteiger partial charge in [0.1, 0.15) is 0 Å². The van der Waals surface area contributed by atoms with E-state index < -0.39 is 5.91 Å². The van der Waals surface area contributed by atoms with Crippen LogP contribution in [0.5, 0.6) is 0 Å². The number of hydrogen-bond acceptors (Lipinski definition) is 5. The number of aromatic nitrogens is 3. The number of nitrogens with zero attached hydrogens (tertiary/aromatic N) is 3. The maximum absolute atomic E-state index is 11.7. The maximum Gasteiger partial charge on any atom is 0.286 e. The van der Waals surface area contributed by atoms with Crippen LogP contribution in [0.15, 0.2) is 23.1 Å². The van der Waals surface area contributed by atoms with Crippen LogP contribution in [0.3, 0.4) is 0 Å². The van der Waals surface area contributed by atoms with Crippen LogP contribution in [-0.2, 0) is 7.05 Å². The fourth-order valence-corrected chi connectivity index (χ4v) is 1.87. The van der Waals surface area contributed by atoms with Crippen molar-refractivity contribution in [3.63, 3.8) is 0 Å². The molecule has 0 spiro atoms. The molecule has 1 N–H and O–H groups in total. The highest BCUT2D eigenvalue weighted by atomic mass is 35.5. The summed E-state index contributed by atoms with van der Waals surface area (Å²) < 4.78 is 1.57. The van der Waals surface area contributed by atoms with Crippen molar-refractivity contribution in [2.45, 2.75) is 0 Å². The minimum Gasteiger partial charge on any atom is -0.319 e. The minimum atomic E-state index is -0.409. The van der Waals surface area contributed by atoms with E-state index >= 15 is 0 Å². The fourth-order valence-electron chi connectivity index (χ4n) is 1.15. The molecule has 0 saturated carbocycles. The molecule has 2 rings (SSSR count). The normalized spacial score (nSPS) is 10.2. The smallest absolute Gasteiger partial charge is 0.286 e. The maximum atomic E-state index is 11.7. The van der Waals surface area contributed by atoms with Crippen molar-refractivity contribution in [3.8, 4) is 0 Å². The predicted molar refractivity (Wildman–Crippen MR) is 64.6 cm³/mol. The third-order valence-corrected chi connectivity index (χ3v) is 2.96. The first-order chi connectivity index (χ1) is 8.06. The van der Waals surface area contributed by atoms with Crippen LogP contribution in [0.4, 0.5) is 5.69 Å². The molecule has 0 unspecified atom stereocenters. The standard InChI is InChI=1S/C9H7ClN4O2S/c1-14-4-5(2-3-6(14)15)11-7(16)8-12-13-9(10)17-8/h2-4H,1H3,(H,11,16). The Labute approximate surface area is 105 Å². The molecule has 8 heteroatoms. The Morgan fingerprint density at radius 2 is 2.24 bits per heavy atom. The second-order valence-electron chi connectivity index (χ2n) is 3.18. The van der Waals surface area contributed by atoms with Crippen LogP contribution < -0.4 is 10.9 Å². The summed E-state index contributed by atoms with van der Waals surface area (Å²) in [4.78, 5) is 22.8. The number of hydrogen-bond donors (Lipinski definition) is 1. The Hall–Kier alpha value is -1.73. The topological polar surface area (TPSA) is 76.9 Å². The lowest BCUT2D eigenvalue weighted by Gasteiger charge is -2.03. The van der Waals surface area contributed by atoms with E-state index in [0.717, 1.165) is 11.3 Å². The highest BCUT2D eigenvalue weighted by Crippen LogP contribution is 2.16. The van der Waals surface area contributed by atoms with Gasteiger partial charge in [0.2, 0.25) is 15.0 Å². The van der Waals surface area contributed by atoms with E-state index in [1.165, 1.54) is 22.9 Å². The molecular formula is C9H7ClN4O2S. The van der Waals surface area contributed by atoms with Crippen LogP contribution in [0.2, 0.25) is 4.47 Å². The predicted octanol–water partition coefficient (Wildman–Crippen LogP) is 1.14. The Bertz CT molecular complexity index is 621. The average molecular weight is 271 g/mol. The van der Waals surface area contributed by atoms with Crippen molar-refractivity contribution < 1.29 is 4.79 Å². The molecule has 0 aliphatic heterocycles. The summed E-state index contributed by atoms with van der Waals surface area (Å²) in [5.41, 5.74) is 0.352. The van der Waals surface area contributed by atoms with Gasteiger partial charge in [0.25, 0.3) is 5.91 Å². The quantitative estimate of drug-likeness (QED) is 0.888. The fraction of sp³-hybridized carbons (Fsp3) is 0.111. The number of amides is 1. The average Bonchev–Trinajstić information content (AvgIpc) is 2.70. The number of halogens is 1. The first kappa shape index (κ1) is 11.7. The number of pyridine rings is 1. The molecule has 2 aromatic rings. The SMILES string of the molecule is Cn1cc(NC(=O)c2nnc(Cl)s2)ccc1=O. The summed E-state index contributed by atoms with van der Waals surface area (Å²) in [5.74, 6) is -0.409. The van der Waals surface area contributed by atoms with E-state index in [1.807, 2.05) is 0 Å². The zero-order valence-electron chi connectivity index (χ0n) is 8.68. The molecule has 0 aromatic carbocycles. The van der Waals surface area contributed by atoms with Crippen LogP contribution in [-0.4, -0.2) is 20.7 Å². The van der Waals surface area contributed by atoms with E-state index in [-0.39, 0.29) is 15.0 Å². The molecule has 0 fully saturated rings. The van der Waals surface area contributed by atoms with Crippen LogP contribution in [0.1, 0.15) is 9.80 Å². The number of rotatable bonds is 2. The van der Waals surface area contributed by atoms with E-state index in [0.29, 0.717) is 5.69 Å². The Kier molecular flexibility index (Phi) is 3.21. The van der Waals surface area contributed by atoms with Crippen LogP contribution in [0, 0.1) is 0 Å². The minimum absolute atomic E-state index is 0.151. The molecule has 6 nitrogen and oxygen atoms in total. The van der Waals surface area contributed by atoms with E-state index in [4.69, 9.17) is 11.6 Å². The van der Waals surface area contributed by atoms with Crippen LogP contribution >= 0.6 is 22.9 Å². The van der Waals surface area contributed by atoms with Gasteiger partial charge >= 0.3 is 0 Å². The van der Waals surface area contributed by atoms with Gasteiger partial charge in [-0.25, -0.2) is 0 Å². The lowest BCUT2D eigenvalue weighted by atomic mass is 10.4. The molecule has 0 saturated heterocycles. The van der Waals surface area contributed by atoms with Gasteiger partial charge in [-0.2, -0.15) is 0 Å². The van der Waals surface area contributed by atoms with Crippen LogP contribution in [0.25, 0.3) is 0 Å². The Morgan fingerprint density at radius 3 is 2.82 bits per heavy atom. The van der Waals surface area contributed by atoms with Crippen molar-refractivity contribution in [2.24, 2.45) is 7.05 Å². The highest BCUT2D eigenvalue weighted by Gasteiger charge is 2.12. The molecule has 0 aliphatic rings. The monoisotopic (exact) mass is 270 g/mol. The van der Waals surface area contributed by atoms with E-state index in [2.05, 4.69) is 15.5 Å². The zero-order valence-corrected chi connectivity index (χ0v) is 10.2. The second-order valence-corrected chi connectivity index (χ2v) is 4.74. The van der Waals surface area contributed by atoms with Crippen molar-refractivity contribution >= 4 is 34.5 Å². The van der Waals surface area contributed by atoms with Gasteiger partial charge in [0.15, 0.2) is 0 Å². The Morgan fingerprint density at radius 1 is 1.47 bits per heavy atom. The molecule has 17 heavy (non-hydrogen) atoms. The van der Waals surface area contributed by atoms with Gasteiger partial charge in [0.05, 0.1) is 5.69 Å². The summed E-state index contributed by atoms with van der Waals surface area (Å²) in [6.07, 6.45) is 1.52. The molecule has 0 atom stereocenters. The lowest BCUT2D eigenvalue weighted by Crippen LogP contribution is -2.17. The van der Waals surface area contributed by atoms with Gasteiger partial charge in [-0.1, -0.05) is 11.3 Å². The third-order valence-electron chi connectivity index (χ3n) is 1.94. The summed E-state index contributed by atoms with van der Waals surface area (Å²) in [5, 5.41) is 9.90. The summed E-state index contributed by atoms with van der Waals surface area (Å²) in [7, 11) is 1.60. The van der Waals surface area contributed by atoms with Gasteiger partial charge in [-0.05, 0) is 17.7 Å². The van der Waals surface area contributed by atoms with E-state index in [9.17, 15) is 9.59 Å². The van der Waals surface area contributed by atoms with E-state index in [1.54, 1.807) is 7.05 Å². The summed E-state index contributed by atoms with van der Waals surface area (Å²) in [6.45, 7) is 0. The number of carbonyl (C=O) groups is 1. The molecule has 2 aromatic heterocycles. The molecule has 0 radical (unpaired) electrons. The molecule has 88 valence electrons. The van der Waals surface area contributed by atoms with Crippen molar-refractivity contribution in [1.82, 2.24) is 14.8 Å². The largest absolute Gasteiger partial charge is 0.319 e. The Balaban J connectivity index is 2.18. The number of anilines is 1. The molecule has 1 amide bonds. The molecule has 0 bridgehead atoms. The first-order valence-electron chi connectivity index (χ1n) is 4.53. The number of aryl methyl sites for hydroxylation is 1. The van der Waals surface area contributed by atoms with Crippen molar-refractivity contribution in [3.05, 3.63) is 38.2 Å². The first-order valence-corrected chi connectivity index (χ1v) is 5.73. The van der Waals surface area contributed by atoms with Crippen molar-refractivity contribution in [2.75, 3.05) is 5.32 Å². The molecule has 2 heterocycles. The van der Waals surface area contributed by atoms with Crippen molar-refractivity contribution in [1.29, 1.82) is 0 Å². The summed E-state index contributed by atoms with van der Waals surface area (Å²) in [6, 6.07) is 2.88. The molecule has 0 aliphatic carbocycles. The number of nitrogens with one attached hydrogen (secondary N) is 1. The molecular weight excluding hydrogens is 264 g/mol. The summed E-state index contributed by atoms with van der Waals surface area (Å²) >= 11 is 6.56. The van der Waals surface area contributed by atoms with Gasteiger partial charge in [0, 0.05) is 19.3 Å². The van der Waals surface area contributed by atoms with Gasteiger partial charge in [-0.3, -0.25) is 9.59 Å². The van der Waals surface area contributed by atoms with Gasteiger partial charge < -0.3 is 9.88 Å². The second kappa shape index (κ2) is 4.64. The lowest BCUT2D eigenvalue weighted by molar-refractivity contribution is 0.102.